The Balaban J connectivity index is 1.86. The number of aliphatic hydroxyl groups is 4. The molecule has 0 saturated carbocycles. The van der Waals surface area contributed by atoms with Crippen molar-refractivity contribution in [2.45, 2.75) is 37.1 Å². The fourth-order valence-corrected chi connectivity index (χ4v) is 2.76. The minimum atomic E-state index is -1.35. The zero-order valence-corrected chi connectivity index (χ0v) is 15.1. The van der Waals surface area contributed by atoms with Crippen LogP contribution in [0.25, 0.3) is 0 Å². The van der Waals surface area contributed by atoms with Gasteiger partial charge in [-0.05, 0) is 43.5 Å². The molecule has 0 heterocycles. The van der Waals surface area contributed by atoms with E-state index in [2.05, 4.69) is 0 Å². The summed E-state index contributed by atoms with van der Waals surface area (Å²) in [6.45, 7) is -0.0561. The Kier molecular flexibility index (Phi) is 7.94. The highest BCUT2D eigenvalue weighted by Crippen LogP contribution is 2.31. The molecule has 6 heteroatoms. The monoisotopic (exact) mass is 374 g/mol. The van der Waals surface area contributed by atoms with Gasteiger partial charge < -0.3 is 25.2 Å². The molecule has 1 aromatic rings. The van der Waals surface area contributed by atoms with Crippen LogP contribution in [0.5, 0.6) is 5.75 Å². The van der Waals surface area contributed by atoms with Gasteiger partial charge in [0.25, 0.3) is 0 Å². The van der Waals surface area contributed by atoms with E-state index in [-0.39, 0.29) is 11.4 Å². The lowest BCUT2D eigenvalue weighted by atomic mass is 9.90. The van der Waals surface area contributed by atoms with E-state index in [4.69, 9.17) is 9.84 Å². The third-order valence-electron chi connectivity index (χ3n) is 4.36. The molecule has 3 atom stereocenters. The Morgan fingerprint density at radius 2 is 1.89 bits per heavy atom. The zero-order chi connectivity index (χ0) is 19.7. The molecule has 0 saturated heterocycles. The lowest BCUT2D eigenvalue weighted by Gasteiger charge is -2.22. The standard InChI is InChI=1S/C21H26O6/c22-15-20(25)19(24)10-6-9-17-18(23)11-13-21(17,26)12-4-5-14-27-16-7-2-1-3-8-16/h1-3,6-11,13,19-20,22,24-26H,4-5,12,14-15H2. The maximum absolute atomic E-state index is 12.0. The van der Waals surface area contributed by atoms with Crippen molar-refractivity contribution in [2.75, 3.05) is 13.2 Å². The third-order valence-corrected chi connectivity index (χ3v) is 4.36. The summed E-state index contributed by atoms with van der Waals surface area (Å²) in [7, 11) is 0. The van der Waals surface area contributed by atoms with E-state index in [1.54, 1.807) is 0 Å². The molecule has 1 aromatic carbocycles. The molecule has 3 unspecified atom stereocenters. The second-order valence-electron chi connectivity index (χ2n) is 6.45. The van der Waals surface area contributed by atoms with E-state index in [1.165, 1.54) is 30.4 Å². The first-order valence-corrected chi connectivity index (χ1v) is 8.96. The molecule has 1 aliphatic carbocycles. The molecule has 1 aliphatic rings. The molecule has 0 aromatic heterocycles. The first-order chi connectivity index (χ1) is 13.0. The number of hydrogen-bond acceptors (Lipinski definition) is 6. The quantitative estimate of drug-likeness (QED) is 0.363. The van der Waals surface area contributed by atoms with Crippen molar-refractivity contribution in [2.24, 2.45) is 0 Å². The number of para-hydroxylation sites is 1. The van der Waals surface area contributed by atoms with E-state index in [0.29, 0.717) is 19.4 Å². The molecule has 0 spiro atoms. The topological polar surface area (TPSA) is 107 Å². The average Bonchev–Trinajstić information content (AvgIpc) is 2.96. The Morgan fingerprint density at radius 1 is 1.15 bits per heavy atom. The van der Waals surface area contributed by atoms with Crippen LogP contribution in [0.15, 0.2) is 66.3 Å². The summed E-state index contributed by atoms with van der Waals surface area (Å²) < 4.78 is 5.61. The second kappa shape index (κ2) is 10.2. The Hall–Kier alpha value is -2.25. The van der Waals surface area contributed by atoms with Crippen LogP contribution in [0, 0.1) is 0 Å². The summed E-state index contributed by atoms with van der Waals surface area (Å²) in [5.41, 5.74) is -1.14. The van der Waals surface area contributed by atoms with E-state index < -0.39 is 24.4 Å². The van der Waals surface area contributed by atoms with Gasteiger partial charge in [0, 0.05) is 5.57 Å². The number of ketones is 1. The van der Waals surface area contributed by atoms with E-state index in [1.807, 2.05) is 30.3 Å². The van der Waals surface area contributed by atoms with Crippen LogP contribution in [0.2, 0.25) is 0 Å². The van der Waals surface area contributed by atoms with Crippen LogP contribution in [-0.2, 0) is 4.79 Å². The average molecular weight is 374 g/mol. The van der Waals surface area contributed by atoms with Crippen molar-refractivity contribution in [3.05, 3.63) is 66.3 Å². The molecule has 0 amide bonds. The van der Waals surface area contributed by atoms with Crippen molar-refractivity contribution in [3.8, 4) is 5.75 Å². The van der Waals surface area contributed by atoms with Crippen molar-refractivity contribution in [3.63, 3.8) is 0 Å². The Labute approximate surface area is 158 Å². The summed E-state index contributed by atoms with van der Waals surface area (Å²) in [4.78, 5) is 12.0. The molecule has 0 bridgehead atoms. The molecule has 0 radical (unpaired) electrons. The molecule has 2 rings (SSSR count). The minimum absolute atomic E-state index is 0.216. The lowest BCUT2D eigenvalue weighted by molar-refractivity contribution is -0.112. The fraction of sp³-hybridized carbons (Fsp3) is 0.381. The number of carbonyl (C=O) groups excluding carboxylic acids is 1. The van der Waals surface area contributed by atoms with Gasteiger partial charge in [-0.3, -0.25) is 4.79 Å². The first kappa shape index (κ1) is 21.1. The number of hydrogen-bond donors (Lipinski definition) is 4. The number of ether oxygens (including phenoxy) is 1. The summed E-state index contributed by atoms with van der Waals surface area (Å²) >= 11 is 0. The van der Waals surface area contributed by atoms with Crippen molar-refractivity contribution < 1.29 is 30.0 Å². The smallest absolute Gasteiger partial charge is 0.184 e. The fourth-order valence-electron chi connectivity index (χ4n) is 2.76. The maximum Gasteiger partial charge on any atom is 0.184 e. The van der Waals surface area contributed by atoms with Gasteiger partial charge in [0.2, 0.25) is 0 Å². The van der Waals surface area contributed by atoms with E-state index >= 15 is 0 Å². The molecule has 146 valence electrons. The normalized spacial score (nSPS) is 23.3. The van der Waals surface area contributed by atoms with Gasteiger partial charge in [0.1, 0.15) is 23.6 Å². The maximum atomic E-state index is 12.0. The van der Waals surface area contributed by atoms with Crippen LogP contribution in [0.4, 0.5) is 0 Å². The first-order valence-electron chi connectivity index (χ1n) is 8.96. The van der Waals surface area contributed by atoms with Crippen molar-refractivity contribution in [1.82, 2.24) is 0 Å². The molecule has 4 N–H and O–H groups in total. The molecule has 0 aliphatic heterocycles. The van der Waals surface area contributed by atoms with Crippen LogP contribution in [0.3, 0.4) is 0 Å². The van der Waals surface area contributed by atoms with Gasteiger partial charge in [0.05, 0.1) is 13.2 Å². The molecule has 6 nitrogen and oxygen atoms in total. The number of carbonyl (C=O) groups is 1. The number of rotatable bonds is 10. The van der Waals surface area contributed by atoms with Crippen LogP contribution in [-0.4, -0.2) is 57.2 Å². The van der Waals surface area contributed by atoms with Gasteiger partial charge in [-0.2, -0.15) is 0 Å². The van der Waals surface area contributed by atoms with Gasteiger partial charge >= 0.3 is 0 Å². The van der Waals surface area contributed by atoms with Crippen molar-refractivity contribution >= 4 is 5.78 Å². The van der Waals surface area contributed by atoms with E-state index in [0.717, 1.165) is 12.2 Å². The summed E-state index contributed by atoms with van der Waals surface area (Å²) in [6.07, 6.45) is 6.11. The Morgan fingerprint density at radius 3 is 2.59 bits per heavy atom. The van der Waals surface area contributed by atoms with Crippen LogP contribution >= 0.6 is 0 Å². The zero-order valence-electron chi connectivity index (χ0n) is 15.1. The predicted molar refractivity (Wildman–Crippen MR) is 101 cm³/mol. The van der Waals surface area contributed by atoms with Gasteiger partial charge in [-0.15, -0.1) is 0 Å². The number of unbranched alkanes of at least 4 members (excludes halogenated alkanes) is 1. The number of aliphatic hydroxyl groups excluding tert-OH is 3. The van der Waals surface area contributed by atoms with Gasteiger partial charge in [-0.25, -0.2) is 0 Å². The SMILES string of the molecule is O=C1C=CC(O)(CCCCOc2ccccc2)C1=CC=CC(O)C(O)CO. The highest BCUT2D eigenvalue weighted by molar-refractivity contribution is 6.09. The van der Waals surface area contributed by atoms with Crippen LogP contribution in [0.1, 0.15) is 19.3 Å². The molecule has 27 heavy (non-hydrogen) atoms. The minimum Gasteiger partial charge on any atom is -0.494 e. The summed E-state index contributed by atoms with van der Waals surface area (Å²) in [6, 6.07) is 9.46. The third kappa shape index (κ3) is 6.15. The summed E-state index contributed by atoms with van der Waals surface area (Å²) in [5.74, 6) is 0.501. The van der Waals surface area contributed by atoms with Gasteiger partial charge in [0.15, 0.2) is 5.78 Å². The van der Waals surface area contributed by atoms with Crippen molar-refractivity contribution in [1.29, 1.82) is 0 Å². The van der Waals surface area contributed by atoms with E-state index in [9.17, 15) is 20.1 Å². The largest absolute Gasteiger partial charge is 0.494 e. The highest BCUT2D eigenvalue weighted by Gasteiger charge is 2.36. The van der Waals surface area contributed by atoms with Gasteiger partial charge in [-0.1, -0.05) is 36.4 Å². The number of allylic oxidation sites excluding steroid dienone is 3. The molecule has 0 fully saturated rings. The predicted octanol–water partition coefficient (Wildman–Crippen LogP) is 1.30. The van der Waals surface area contributed by atoms with Crippen LogP contribution < -0.4 is 4.74 Å². The Bertz CT molecular complexity index is 694. The number of benzene rings is 1. The second-order valence-corrected chi connectivity index (χ2v) is 6.45. The molecular weight excluding hydrogens is 348 g/mol. The summed E-state index contributed by atoms with van der Waals surface area (Å²) in [5, 5.41) is 38.4. The lowest BCUT2D eigenvalue weighted by Crippen LogP contribution is -2.28. The highest BCUT2D eigenvalue weighted by atomic mass is 16.5. The molecular formula is C21H26O6.